The molecule has 0 amide bonds. The predicted octanol–water partition coefficient (Wildman–Crippen LogP) is 4.74. The second-order valence-corrected chi connectivity index (χ2v) is 5.88. The van der Waals surface area contributed by atoms with E-state index in [4.69, 9.17) is 21.1 Å². The highest BCUT2D eigenvalue weighted by Gasteiger charge is 2.08. The molecule has 1 unspecified atom stereocenters. The van der Waals surface area contributed by atoms with Gasteiger partial charge in [0, 0.05) is 0 Å². The molecule has 0 radical (unpaired) electrons. The molecule has 0 aliphatic heterocycles. The fourth-order valence-electron chi connectivity index (χ4n) is 1.85. The molecule has 0 fully saturated rings. The van der Waals surface area contributed by atoms with E-state index in [2.05, 4.69) is 15.9 Å². The number of aliphatic hydroxyl groups excluding tert-OH is 1. The first kappa shape index (κ1) is 16.1. The Hall–Kier alpha value is -1.23. The van der Waals surface area contributed by atoms with E-state index in [-0.39, 0.29) is 0 Å². The maximum Gasteiger partial charge on any atom is 0.138 e. The third-order valence-corrected chi connectivity index (χ3v) is 3.96. The Balaban J connectivity index is 2.08. The molecule has 0 saturated carbocycles. The molecule has 112 valence electrons. The molecule has 1 atom stereocenters. The van der Waals surface area contributed by atoms with Crippen LogP contribution >= 0.6 is 27.5 Å². The standard InChI is InChI=1S/C16H16BrClO3/c1-10(19)12-4-6-16(14(18)8-12)21-9-11-3-5-15(20-2)13(17)7-11/h3-8,10,19H,9H2,1-2H3. The van der Waals surface area contributed by atoms with Gasteiger partial charge in [-0.25, -0.2) is 0 Å². The summed E-state index contributed by atoms with van der Waals surface area (Å²) >= 11 is 9.59. The predicted molar refractivity (Wildman–Crippen MR) is 87.1 cm³/mol. The fraction of sp³-hybridized carbons (Fsp3) is 0.250. The summed E-state index contributed by atoms with van der Waals surface area (Å²) < 4.78 is 11.8. The van der Waals surface area contributed by atoms with Gasteiger partial charge in [-0.1, -0.05) is 23.7 Å². The highest BCUT2D eigenvalue weighted by atomic mass is 79.9. The summed E-state index contributed by atoms with van der Waals surface area (Å²) in [5, 5.41) is 10.00. The number of halogens is 2. The van der Waals surface area contributed by atoms with E-state index >= 15 is 0 Å². The van der Waals surface area contributed by atoms with E-state index in [0.717, 1.165) is 21.3 Å². The number of ether oxygens (including phenoxy) is 2. The summed E-state index contributed by atoms with van der Waals surface area (Å²) in [4.78, 5) is 0. The summed E-state index contributed by atoms with van der Waals surface area (Å²) in [7, 11) is 1.62. The number of hydrogen-bond acceptors (Lipinski definition) is 3. The van der Waals surface area contributed by atoms with Crippen molar-refractivity contribution >= 4 is 27.5 Å². The largest absolute Gasteiger partial charge is 0.496 e. The van der Waals surface area contributed by atoms with Crippen molar-refractivity contribution in [1.82, 2.24) is 0 Å². The Morgan fingerprint density at radius 3 is 2.48 bits per heavy atom. The van der Waals surface area contributed by atoms with Gasteiger partial charge in [0.1, 0.15) is 18.1 Å². The van der Waals surface area contributed by atoms with E-state index in [1.165, 1.54) is 0 Å². The summed E-state index contributed by atoms with van der Waals surface area (Å²) in [6, 6.07) is 11.0. The molecule has 2 rings (SSSR count). The summed E-state index contributed by atoms with van der Waals surface area (Å²) in [6.45, 7) is 2.09. The van der Waals surface area contributed by atoms with E-state index in [0.29, 0.717) is 17.4 Å². The van der Waals surface area contributed by atoms with Crippen LogP contribution in [-0.4, -0.2) is 12.2 Å². The van der Waals surface area contributed by atoms with Crippen LogP contribution in [0.3, 0.4) is 0 Å². The highest BCUT2D eigenvalue weighted by Crippen LogP contribution is 2.30. The Morgan fingerprint density at radius 2 is 1.90 bits per heavy atom. The Labute approximate surface area is 137 Å². The van der Waals surface area contributed by atoms with Crippen LogP contribution in [0.1, 0.15) is 24.2 Å². The van der Waals surface area contributed by atoms with Crippen LogP contribution in [0.4, 0.5) is 0 Å². The zero-order valence-corrected chi connectivity index (χ0v) is 14.1. The molecule has 0 aliphatic carbocycles. The molecule has 0 spiro atoms. The van der Waals surface area contributed by atoms with Gasteiger partial charge in [-0.05, 0) is 58.2 Å². The number of benzene rings is 2. The van der Waals surface area contributed by atoms with E-state index in [1.807, 2.05) is 18.2 Å². The highest BCUT2D eigenvalue weighted by molar-refractivity contribution is 9.10. The average molecular weight is 372 g/mol. The normalized spacial score (nSPS) is 12.0. The van der Waals surface area contributed by atoms with Gasteiger partial charge in [0.25, 0.3) is 0 Å². The first-order valence-corrected chi connectivity index (χ1v) is 7.61. The summed E-state index contributed by atoms with van der Waals surface area (Å²) in [5.41, 5.74) is 1.76. The van der Waals surface area contributed by atoms with Crippen LogP contribution in [0, 0.1) is 0 Å². The van der Waals surface area contributed by atoms with Crippen molar-refractivity contribution < 1.29 is 14.6 Å². The lowest BCUT2D eigenvalue weighted by Crippen LogP contribution is -1.98. The van der Waals surface area contributed by atoms with Crippen molar-refractivity contribution in [3.05, 3.63) is 57.0 Å². The van der Waals surface area contributed by atoms with Crippen molar-refractivity contribution in [1.29, 1.82) is 0 Å². The minimum Gasteiger partial charge on any atom is -0.496 e. The zero-order valence-electron chi connectivity index (χ0n) is 11.8. The molecule has 2 aromatic carbocycles. The maximum absolute atomic E-state index is 9.51. The molecule has 0 bridgehead atoms. The van der Waals surface area contributed by atoms with Crippen LogP contribution < -0.4 is 9.47 Å². The lowest BCUT2D eigenvalue weighted by atomic mass is 10.1. The molecule has 0 aromatic heterocycles. The van der Waals surface area contributed by atoms with Gasteiger partial charge in [-0.3, -0.25) is 0 Å². The second kappa shape index (κ2) is 7.16. The Morgan fingerprint density at radius 1 is 1.19 bits per heavy atom. The Kier molecular flexibility index (Phi) is 5.51. The molecule has 0 heterocycles. The van der Waals surface area contributed by atoms with Gasteiger partial charge in [-0.2, -0.15) is 0 Å². The summed E-state index contributed by atoms with van der Waals surface area (Å²) in [6.07, 6.45) is -0.547. The van der Waals surface area contributed by atoms with Crippen molar-refractivity contribution in [3.8, 4) is 11.5 Å². The second-order valence-electron chi connectivity index (χ2n) is 4.62. The molecule has 2 aromatic rings. The van der Waals surface area contributed by atoms with Gasteiger partial charge in [0.05, 0.1) is 22.7 Å². The molecule has 21 heavy (non-hydrogen) atoms. The van der Waals surface area contributed by atoms with Crippen molar-refractivity contribution in [3.63, 3.8) is 0 Å². The lowest BCUT2D eigenvalue weighted by Gasteiger charge is -2.11. The minimum atomic E-state index is -0.547. The van der Waals surface area contributed by atoms with Gasteiger partial charge in [-0.15, -0.1) is 0 Å². The topological polar surface area (TPSA) is 38.7 Å². The lowest BCUT2D eigenvalue weighted by molar-refractivity contribution is 0.199. The Bertz CT molecular complexity index is 629. The molecule has 3 nitrogen and oxygen atoms in total. The number of aliphatic hydroxyl groups is 1. The molecule has 0 saturated heterocycles. The fourth-order valence-corrected chi connectivity index (χ4v) is 2.69. The van der Waals surface area contributed by atoms with E-state index < -0.39 is 6.10 Å². The van der Waals surface area contributed by atoms with Crippen LogP contribution in [0.2, 0.25) is 5.02 Å². The van der Waals surface area contributed by atoms with Crippen LogP contribution in [0.15, 0.2) is 40.9 Å². The molecule has 5 heteroatoms. The van der Waals surface area contributed by atoms with Gasteiger partial charge < -0.3 is 14.6 Å². The van der Waals surface area contributed by atoms with Crippen LogP contribution in [0.5, 0.6) is 11.5 Å². The van der Waals surface area contributed by atoms with E-state index in [1.54, 1.807) is 32.2 Å². The maximum atomic E-state index is 9.51. The van der Waals surface area contributed by atoms with Crippen molar-refractivity contribution in [2.75, 3.05) is 7.11 Å². The molecular weight excluding hydrogens is 356 g/mol. The van der Waals surface area contributed by atoms with Crippen molar-refractivity contribution in [2.24, 2.45) is 0 Å². The zero-order chi connectivity index (χ0) is 15.4. The number of rotatable bonds is 5. The third kappa shape index (κ3) is 4.13. The molecular formula is C16H16BrClO3. The third-order valence-electron chi connectivity index (χ3n) is 3.05. The van der Waals surface area contributed by atoms with E-state index in [9.17, 15) is 5.11 Å². The minimum absolute atomic E-state index is 0.399. The van der Waals surface area contributed by atoms with Gasteiger partial charge in [0.15, 0.2) is 0 Å². The first-order valence-electron chi connectivity index (χ1n) is 6.44. The van der Waals surface area contributed by atoms with Crippen LogP contribution in [-0.2, 0) is 6.61 Å². The number of methoxy groups -OCH3 is 1. The first-order chi connectivity index (χ1) is 10.0. The molecule has 1 N–H and O–H groups in total. The smallest absolute Gasteiger partial charge is 0.138 e. The quantitative estimate of drug-likeness (QED) is 0.825. The summed E-state index contributed by atoms with van der Waals surface area (Å²) in [5.74, 6) is 1.37. The molecule has 0 aliphatic rings. The SMILES string of the molecule is COc1ccc(COc2ccc(C(C)O)cc2Cl)cc1Br. The van der Waals surface area contributed by atoms with Gasteiger partial charge in [0.2, 0.25) is 0 Å². The van der Waals surface area contributed by atoms with Crippen molar-refractivity contribution in [2.45, 2.75) is 19.6 Å². The average Bonchev–Trinajstić information content (AvgIpc) is 2.46. The monoisotopic (exact) mass is 370 g/mol. The van der Waals surface area contributed by atoms with Gasteiger partial charge >= 0.3 is 0 Å². The number of hydrogen-bond donors (Lipinski definition) is 1. The van der Waals surface area contributed by atoms with Crippen LogP contribution in [0.25, 0.3) is 0 Å².